The van der Waals surface area contributed by atoms with Crippen LogP contribution in [0.1, 0.15) is 41.6 Å². The highest BCUT2D eigenvalue weighted by Crippen LogP contribution is 2.24. The number of amides is 1. The van der Waals surface area contributed by atoms with Crippen LogP contribution in [0, 0.1) is 6.92 Å². The smallest absolute Gasteiger partial charge is 0.261 e. The van der Waals surface area contributed by atoms with Crippen LogP contribution in [0.4, 0.5) is 5.69 Å². The second kappa shape index (κ2) is 8.78. The van der Waals surface area contributed by atoms with Crippen LogP contribution in [0.5, 0.6) is 0 Å². The fraction of sp³-hybridized carbons (Fsp3) is 0.435. The summed E-state index contributed by atoms with van der Waals surface area (Å²) in [7, 11) is -3.77. The molecule has 2 saturated heterocycles. The molecule has 2 fully saturated rings. The third-order valence-electron chi connectivity index (χ3n) is 6.00. The molecule has 0 aliphatic carbocycles. The summed E-state index contributed by atoms with van der Waals surface area (Å²) in [5.74, 6) is -0.0796. The second-order valence-electron chi connectivity index (χ2n) is 8.30. The number of carbonyl (C=O) groups excluding carboxylic acids is 1. The molecule has 0 radical (unpaired) electrons. The molecule has 0 spiro atoms. The Morgan fingerprint density at radius 1 is 1.03 bits per heavy atom. The molecule has 1 unspecified atom stereocenters. The van der Waals surface area contributed by atoms with Gasteiger partial charge in [-0.15, -0.1) is 0 Å². The van der Waals surface area contributed by atoms with Crippen molar-refractivity contribution < 1.29 is 13.2 Å². The van der Waals surface area contributed by atoms with E-state index in [4.69, 9.17) is 0 Å². The van der Waals surface area contributed by atoms with Gasteiger partial charge in [-0.05, 0) is 76.0 Å². The number of nitrogens with zero attached hydrogens (tertiary/aromatic N) is 2. The first-order valence-electron chi connectivity index (χ1n) is 10.7. The minimum Gasteiger partial charge on any atom is -0.334 e. The maximum absolute atomic E-state index is 13.2. The summed E-state index contributed by atoms with van der Waals surface area (Å²) in [5, 5.41) is 0. The van der Waals surface area contributed by atoms with Gasteiger partial charge in [0, 0.05) is 30.4 Å². The Kier molecular flexibility index (Phi) is 6.11. The number of rotatable bonds is 6. The van der Waals surface area contributed by atoms with E-state index in [9.17, 15) is 13.2 Å². The van der Waals surface area contributed by atoms with Gasteiger partial charge in [0.25, 0.3) is 15.9 Å². The molecule has 0 aromatic heterocycles. The van der Waals surface area contributed by atoms with E-state index in [0.29, 0.717) is 11.3 Å². The highest BCUT2D eigenvalue weighted by molar-refractivity contribution is 7.92. The van der Waals surface area contributed by atoms with E-state index in [0.717, 1.165) is 44.6 Å². The van der Waals surface area contributed by atoms with E-state index >= 15 is 0 Å². The van der Waals surface area contributed by atoms with E-state index in [2.05, 4.69) is 9.62 Å². The van der Waals surface area contributed by atoms with Crippen LogP contribution >= 0.6 is 0 Å². The summed E-state index contributed by atoms with van der Waals surface area (Å²) in [6, 6.07) is 13.7. The maximum Gasteiger partial charge on any atom is 0.261 e. The minimum atomic E-state index is -3.77. The first-order valence-corrected chi connectivity index (χ1v) is 12.1. The van der Waals surface area contributed by atoms with E-state index in [1.54, 1.807) is 24.3 Å². The number of nitrogens with one attached hydrogen (secondary N) is 1. The molecule has 1 atom stereocenters. The van der Waals surface area contributed by atoms with Crippen LogP contribution in [0.25, 0.3) is 0 Å². The molecular weight excluding hydrogens is 398 g/mol. The van der Waals surface area contributed by atoms with E-state index < -0.39 is 10.0 Å². The van der Waals surface area contributed by atoms with Gasteiger partial charge >= 0.3 is 0 Å². The zero-order chi connectivity index (χ0) is 21.1. The lowest BCUT2D eigenvalue weighted by atomic mass is 10.1. The Hall–Kier alpha value is -2.38. The van der Waals surface area contributed by atoms with Crippen LogP contribution in [-0.4, -0.2) is 56.3 Å². The maximum atomic E-state index is 13.2. The number of sulfonamides is 1. The average Bonchev–Trinajstić information content (AvgIpc) is 3.42. The molecule has 2 aliphatic rings. The standard InChI is InChI=1S/C23H29N3O3S/c1-18-9-11-20(12-10-18)24-30(28,29)22-8-4-6-19(16-22)23(27)26-15-5-7-21(26)17-25-13-2-3-14-25/h4,6,8-12,16,21,24H,2-3,5,7,13-15,17H2,1H3. The lowest BCUT2D eigenvalue weighted by Gasteiger charge is -2.28. The van der Waals surface area contributed by atoms with E-state index in [-0.39, 0.29) is 16.8 Å². The van der Waals surface area contributed by atoms with Gasteiger partial charge in [-0.3, -0.25) is 9.52 Å². The molecule has 30 heavy (non-hydrogen) atoms. The topological polar surface area (TPSA) is 69.7 Å². The number of likely N-dealkylation sites (tertiary alicyclic amines) is 2. The van der Waals surface area contributed by atoms with Gasteiger partial charge in [-0.1, -0.05) is 23.8 Å². The number of aryl methyl sites for hydroxylation is 1. The Labute approximate surface area is 178 Å². The third kappa shape index (κ3) is 4.68. The highest BCUT2D eigenvalue weighted by Gasteiger charge is 2.31. The van der Waals surface area contributed by atoms with Crippen molar-refractivity contribution in [2.75, 3.05) is 30.9 Å². The van der Waals surface area contributed by atoms with Crippen molar-refractivity contribution in [3.63, 3.8) is 0 Å². The Morgan fingerprint density at radius 2 is 1.77 bits per heavy atom. The number of anilines is 1. The van der Waals surface area contributed by atoms with Gasteiger partial charge in [0.2, 0.25) is 0 Å². The molecule has 2 aliphatic heterocycles. The summed E-state index contributed by atoms with van der Waals surface area (Å²) in [4.78, 5) is 17.7. The molecule has 0 saturated carbocycles. The zero-order valence-corrected chi connectivity index (χ0v) is 18.2. The summed E-state index contributed by atoms with van der Waals surface area (Å²) in [5.41, 5.74) is 1.98. The van der Waals surface area contributed by atoms with Crippen molar-refractivity contribution in [3.8, 4) is 0 Å². The lowest BCUT2D eigenvalue weighted by molar-refractivity contribution is 0.0708. The first-order chi connectivity index (χ1) is 14.4. The number of hydrogen-bond donors (Lipinski definition) is 1. The molecule has 2 aromatic rings. The van der Waals surface area contributed by atoms with Crippen LogP contribution < -0.4 is 4.72 Å². The zero-order valence-electron chi connectivity index (χ0n) is 17.4. The monoisotopic (exact) mass is 427 g/mol. The fourth-order valence-electron chi connectivity index (χ4n) is 4.35. The number of benzene rings is 2. The van der Waals surface area contributed by atoms with Gasteiger partial charge in [0.05, 0.1) is 4.90 Å². The highest BCUT2D eigenvalue weighted by atomic mass is 32.2. The molecule has 2 heterocycles. The third-order valence-corrected chi connectivity index (χ3v) is 7.38. The second-order valence-corrected chi connectivity index (χ2v) is 9.98. The SMILES string of the molecule is Cc1ccc(NS(=O)(=O)c2cccc(C(=O)N3CCCC3CN3CCCC3)c2)cc1. The molecule has 6 nitrogen and oxygen atoms in total. The molecular formula is C23H29N3O3S. The molecule has 1 amide bonds. The van der Waals surface area contributed by atoms with E-state index in [1.165, 1.54) is 25.0 Å². The Balaban J connectivity index is 1.50. The average molecular weight is 428 g/mol. The van der Waals surface area contributed by atoms with Gasteiger partial charge < -0.3 is 9.80 Å². The quantitative estimate of drug-likeness (QED) is 0.766. The van der Waals surface area contributed by atoms with Crippen molar-refractivity contribution in [2.45, 2.75) is 43.5 Å². The Bertz CT molecular complexity index is 999. The van der Waals surface area contributed by atoms with Crippen molar-refractivity contribution in [2.24, 2.45) is 0 Å². The normalized spacial score (nSPS) is 19.9. The molecule has 7 heteroatoms. The van der Waals surface area contributed by atoms with Gasteiger partial charge in [0.15, 0.2) is 0 Å². The Morgan fingerprint density at radius 3 is 2.50 bits per heavy atom. The summed E-state index contributed by atoms with van der Waals surface area (Å²) < 4.78 is 28.3. The summed E-state index contributed by atoms with van der Waals surface area (Å²) in [6.07, 6.45) is 4.47. The van der Waals surface area contributed by atoms with Crippen molar-refractivity contribution in [1.82, 2.24) is 9.80 Å². The molecule has 1 N–H and O–H groups in total. The fourth-order valence-corrected chi connectivity index (χ4v) is 5.46. The lowest BCUT2D eigenvalue weighted by Crippen LogP contribution is -2.42. The predicted octanol–water partition coefficient (Wildman–Crippen LogP) is 3.50. The predicted molar refractivity (Wildman–Crippen MR) is 118 cm³/mol. The number of carbonyl (C=O) groups is 1. The van der Waals surface area contributed by atoms with Gasteiger partial charge in [0.1, 0.15) is 0 Å². The molecule has 160 valence electrons. The largest absolute Gasteiger partial charge is 0.334 e. The van der Waals surface area contributed by atoms with Crippen LogP contribution in [0.3, 0.4) is 0 Å². The van der Waals surface area contributed by atoms with Crippen molar-refractivity contribution in [3.05, 3.63) is 59.7 Å². The van der Waals surface area contributed by atoms with Crippen LogP contribution in [0.15, 0.2) is 53.4 Å². The molecule has 2 aromatic carbocycles. The summed E-state index contributed by atoms with van der Waals surface area (Å²) >= 11 is 0. The van der Waals surface area contributed by atoms with E-state index in [1.807, 2.05) is 24.0 Å². The van der Waals surface area contributed by atoms with Crippen molar-refractivity contribution in [1.29, 1.82) is 0 Å². The van der Waals surface area contributed by atoms with Crippen LogP contribution in [-0.2, 0) is 10.0 Å². The first kappa shape index (κ1) is 20.9. The van der Waals surface area contributed by atoms with Gasteiger partial charge in [-0.25, -0.2) is 8.42 Å². The van der Waals surface area contributed by atoms with Crippen molar-refractivity contribution >= 4 is 21.6 Å². The van der Waals surface area contributed by atoms with Gasteiger partial charge in [-0.2, -0.15) is 0 Å². The number of hydrogen-bond acceptors (Lipinski definition) is 4. The summed E-state index contributed by atoms with van der Waals surface area (Å²) in [6.45, 7) is 5.81. The van der Waals surface area contributed by atoms with Crippen LogP contribution in [0.2, 0.25) is 0 Å². The molecule has 4 rings (SSSR count). The molecule has 0 bridgehead atoms. The minimum absolute atomic E-state index is 0.0796.